The summed E-state index contributed by atoms with van der Waals surface area (Å²) in [5.41, 5.74) is 7.40. The average Bonchev–Trinajstić information content (AvgIpc) is 3.66. The number of carbonyl (C=O) groups excluding carboxylic acids is 1. The van der Waals surface area contributed by atoms with Crippen molar-refractivity contribution in [2.75, 3.05) is 32.5 Å². The molecule has 1 atom stereocenters. The molecule has 2 aliphatic rings. The molecule has 1 amide bonds. The van der Waals surface area contributed by atoms with E-state index >= 15 is 4.39 Å². The molecule has 11 nitrogen and oxygen atoms in total. The van der Waals surface area contributed by atoms with Crippen LogP contribution in [0.5, 0.6) is 11.5 Å². The lowest BCUT2D eigenvalue weighted by molar-refractivity contribution is -0.127. The van der Waals surface area contributed by atoms with Crippen LogP contribution in [0.15, 0.2) is 66.5 Å². The van der Waals surface area contributed by atoms with Gasteiger partial charge < -0.3 is 20.1 Å². The number of aromatic nitrogens is 4. The Morgan fingerprint density at radius 3 is 2.71 bits per heavy atom. The van der Waals surface area contributed by atoms with Crippen molar-refractivity contribution in [1.29, 1.82) is 5.26 Å². The van der Waals surface area contributed by atoms with Gasteiger partial charge in [-0.3, -0.25) is 9.69 Å². The van der Waals surface area contributed by atoms with Gasteiger partial charge in [0, 0.05) is 23.7 Å². The van der Waals surface area contributed by atoms with Crippen LogP contribution < -0.4 is 10.5 Å². The number of hydrogen-bond donors (Lipinski definition) is 1. The van der Waals surface area contributed by atoms with Crippen LogP contribution in [0.1, 0.15) is 46.0 Å². The number of likely N-dealkylation sites (tertiary alicyclic amines) is 1. The predicted octanol–water partition coefficient (Wildman–Crippen LogP) is 5.73. The van der Waals surface area contributed by atoms with Crippen LogP contribution in [-0.4, -0.2) is 79.9 Å². The number of anilines is 1. The Bertz CT molecular complexity index is 1850. The van der Waals surface area contributed by atoms with Crippen molar-refractivity contribution in [2.45, 2.75) is 70.1 Å². The van der Waals surface area contributed by atoms with E-state index in [1.165, 1.54) is 12.4 Å². The molecule has 0 bridgehead atoms. The molecule has 250 valence electrons. The standard InChI is InChI=1S/C36H41FN8O3/c1-36(2,43(3)26-21-47-22-26)16-8-7-10-24(19-38)35(46)44-17-9-11-25(44)20-45-34-31(33(39)40-23-41-34)32(42-45)29-15-14-28(18-30(29)37)48-27-12-5-4-6-13-27/h4-6,10,12-15,18,23,25-26H,7-9,11,16-17,20-22H2,1-3H3,(H2,39,40,41)/b24-10+/t25-/m1/s1. The SMILES string of the molecule is CN(C1COC1)C(C)(C)CCC/C=C(\C#N)C(=O)N1CCC[C@@H]1Cn1nc(-c2ccc(Oc3ccccc3)cc2F)c2c(N)ncnc21. The number of allylic oxidation sites excluding steroid dienone is 1. The molecule has 6 rings (SSSR count). The highest BCUT2D eigenvalue weighted by Gasteiger charge is 2.34. The Hall–Kier alpha value is -4.86. The third kappa shape index (κ3) is 6.88. The van der Waals surface area contributed by atoms with Gasteiger partial charge in [-0.05, 0) is 77.3 Å². The van der Waals surface area contributed by atoms with Crippen LogP contribution in [0.2, 0.25) is 0 Å². The van der Waals surface area contributed by atoms with Gasteiger partial charge in [0.05, 0.1) is 37.2 Å². The van der Waals surface area contributed by atoms with Crippen molar-refractivity contribution in [3.8, 4) is 28.8 Å². The Morgan fingerprint density at radius 1 is 1.21 bits per heavy atom. The molecule has 2 aromatic heterocycles. The van der Waals surface area contributed by atoms with E-state index in [2.05, 4.69) is 41.8 Å². The number of carbonyl (C=O) groups is 1. The minimum atomic E-state index is -0.535. The minimum absolute atomic E-state index is 0.0155. The second-order valence-corrected chi connectivity index (χ2v) is 13.1. The number of ether oxygens (including phenoxy) is 2. The van der Waals surface area contributed by atoms with E-state index in [-0.39, 0.29) is 34.4 Å². The molecule has 0 unspecified atom stereocenters. The van der Waals surface area contributed by atoms with Crippen molar-refractivity contribution in [2.24, 2.45) is 0 Å². The van der Waals surface area contributed by atoms with Crippen molar-refractivity contribution in [1.82, 2.24) is 29.5 Å². The number of fused-ring (bicyclic) bond motifs is 1. The van der Waals surface area contributed by atoms with Crippen molar-refractivity contribution >= 4 is 22.8 Å². The predicted molar refractivity (Wildman–Crippen MR) is 180 cm³/mol. The number of halogens is 1. The number of nitriles is 1. The number of unbranched alkanes of at least 4 members (excludes halogenated alkanes) is 1. The van der Waals surface area contributed by atoms with Gasteiger partial charge in [-0.15, -0.1) is 0 Å². The fourth-order valence-corrected chi connectivity index (χ4v) is 6.45. The number of nitrogens with two attached hydrogens (primary N) is 1. The van der Waals surface area contributed by atoms with Crippen LogP contribution >= 0.6 is 0 Å². The Balaban J connectivity index is 1.17. The smallest absolute Gasteiger partial charge is 0.264 e. The molecule has 2 N–H and O–H groups in total. The van der Waals surface area contributed by atoms with Crippen molar-refractivity contribution in [3.05, 3.63) is 72.3 Å². The highest BCUT2D eigenvalue weighted by atomic mass is 19.1. The van der Waals surface area contributed by atoms with E-state index in [9.17, 15) is 10.1 Å². The second kappa shape index (κ2) is 14.1. The van der Waals surface area contributed by atoms with Crippen LogP contribution in [0.25, 0.3) is 22.3 Å². The molecule has 48 heavy (non-hydrogen) atoms. The second-order valence-electron chi connectivity index (χ2n) is 13.1. The lowest BCUT2D eigenvalue weighted by Gasteiger charge is -2.44. The molecule has 0 aliphatic carbocycles. The summed E-state index contributed by atoms with van der Waals surface area (Å²) in [6, 6.07) is 16.1. The Morgan fingerprint density at radius 2 is 2.00 bits per heavy atom. The Kier molecular flexibility index (Phi) is 9.71. The van der Waals surface area contributed by atoms with E-state index in [0.29, 0.717) is 53.8 Å². The van der Waals surface area contributed by atoms with Gasteiger partial charge in [-0.2, -0.15) is 10.4 Å². The minimum Gasteiger partial charge on any atom is -0.457 e. The number of nitrogens with zero attached hydrogens (tertiary/aromatic N) is 7. The molecule has 12 heteroatoms. The molecule has 0 saturated carbocycles. The number of rotatable bonds is 12. The maximum absolute atomic E-state index is 15.6. The van der Waals surface area contributed by atoms with E-state index in [1.54, 1.807) is 39.9 Å². The third-order valence-corrected chi connectivity index (χ3v) is 9.57. The molecular weight excluding hydrogens is 611 g/mol. The van der Waals surface area contributed by atoms with E-state index in [1.807, 2.05) is 18.2 Å². The maximum Gasteiger partial charge on any atom is 0.264 e. The highest BCUT2D eigenvalue weighted by molar-refractivity contribution is 5.99. The van der Waals surface area contributed by atoms with Crippen LogP contribution in [0.4, 0.5) is 10.2 Å². The molecular formula is C36H41FN8O3. The van der Waals surface area contributed by atoms with Gasteiger partial charge >= 0.3 is 0 Å². The molecule has 2 saturated heterocycles. The van der Waals surface area contributed by atoms with Gasteiger partial charge in [-0.25, -0.2) is 19.0 Å². The Labute approximate surface area is 279 Å². The van der Waals surface area contributed by atoms with Crippen molar-refractivity contribution in [3.63, 3.8) is 0 Å². The summed E-state index contributed by atoms with van der Waals surface area (Å²) in [5, 5.41) is 15.1. The quantitative estimate of drug-likeness (QED) is 0.116. The van der Waals surface area contributed by atoms with Gasteiger partial charge in [0.15, 0.2) is 5.65 Å². The zero-order valence-corrected chi connectivity index (χ0v) is 27.6. The summed E-state index contributed by atoms with van der Waals surface area (Å²) < 4.78 is 28.4. The zero-order valence-electron chi connectivity index (χ0n) is 27.6. The first-order valence-corrected chi connectivity index (χ1v) is 16.4. The topological polar surface area (TPSA) is 135 Å². The first-order valence-electron chi connectivity index (χ1n) is 16.4. The summed E-state index contributed by atoms with van der Waals surface area (Å²) >= 11 is 0. The van der Waals surface area contributed by atoms with Gasteiger partial charge in [0.2, 0.25) is 0 Å². The van der Waals surface area contributed by atoms with Crippen LogP contribution in [0, 0.1) is 17.1 Å². The van der Waals surface area contributed by atoms with Crippen LogP contribution in [0.3, 0.4) is 0 Å². The number of amides is 1. The monoisotopic (exact) mass is 652 g/mol. The molecule has 0 radical (unpaired) electrons. The van der Waals surface area contributed by atoms with E-state index in [0.717, 1.165) is 38.9 Å². The third-order valence-electron chi connectivity index (χ3n) is 9.57. The van der Waals surface area contributed by atoms with Crippen LogP contribution in [-0.2, 0) is 16.1 Å². The first kappa shape index (κ1) is 33.1. The molecule has 2 fully saturated rings. The number of hydrogen-bond acceptors (Lipinski definition) is 9. The zero-order chi connectivity index (χ0) is 33.8. The summed E-state index contributed by atoms with van der Waals surface area (Å²) in [7, 11) is 2.13. The normalized spacial score (nSPS) is 17.1. The molecule has 2 aromatic carbocycles. The summed E-state index contributed by atoms with van der Waals surface area (Å²) in [6.07, 6.45) is 7.05. The number of likely N-dealkylation sites (N-methyl/N-ethyl adjacent to an activating group) is 1. The fourth-order valence-electron chi connectivity index (χ4n) is 6.45. The van der Waals surface area contributed by atoms with Gasteiger partial charge in [-0.1, -0.05) is 24.3 Å². The van der Waals surface area contributed by atoms with E-state index < -0.39 is 5.82 Å². The summed E-state index contributed by atoms with van der Waals surface area (Å²) in [4.78, 5) is 26.3. The summed E-state index contributed by atoms with van der Waals surface area (Å²) in [6.45, 7) is 6.78. The first-order chi connectivity index (χ1) is 23.2. The average molecular weight is 653 g/mol. The summed E-state index contributed by atoms with van der Waals surface area (Å²) in [5.74, 6) is 0.293. The lowest BCUT2D eigenvalue weighted by atomic mass is 9.93. The molecule has 2 aliphatic heterocycles. The lowest BCUT2D eigenvalue weighted by Crippen LogP contribution is -2.55. The maximum atomic E-state index is 15.6. The van der Waals surface area contributed by atoms with Gasteiger partial charge in [0.25, 0.3) is 5.91 Å². The number of nitrogen functional groups attached to an aromatic ring is 1. The van der Waals surface area contributed by atoms with Gasteiger partial charge in [0.1, 0.15) is 46.8 Å². The molecule has 4 aromatic rings. The number of para-hydroxylation sites is 1. The number of benzene rings is 2. The highest BCUT2D eigenvalue weighted by Crippen LogP contribution is 2.35. The molecule has 4 heterocycles. The van der Waals surface area contributed by atoms with E-state index in [4.69, 9.17) is 20.3 Å². The fraction of sp³-hybridized carbons (Fsp3) is 0.417. The molecule has 0 spiro atoms. The van der Waals surface area contributed by atoms with Crippen molar-refractivity contribution < 1.29 is 18.7 Å². The largest absolute Gasteiger partial charge is 0.457 e.